The summed E-state index contributed by atoms with van der Waals surface area (Å²) >= 11 is 1.43. The van der Waals surface area contributed by atoms with E-state index in [1.165, 1.54) is 11.8 Å². The molecule has 1 amide bonds. The average Bonchev–Trinajstić information content (AvgIpc) is 3.11. The van der Waals surface area contributed by atoms with Gasteiger partial charge in [-0.25, -0.2) is 0 Å². The van der Waals surface area contributed by atoms with Crippen molar-refractivity contribution in [1.82, 2.24) is 14.8 Å². The summed E-state index contributed by atoms with van der Waals surface area (Å²) in [6, 6.07) is 17.8. The number of nitrogens with zero attached hydrogens (tertiary/aromatic N) is 4. The summed E-state index contributed by atoms with van der Waals surface area (Å²) in [6.45, 7) is 6.57. The number of aryl methyl sites for hydroxylation is 1. The summed E-state index contributed by atoms with van der Waals surface area (Å²) in [5.41, 5.74) is 3.07. The van der Waals surface area contributed by atoms with Crippen LogP contribution in [0.5, 0.6) is 0 Å². The lowest BCUT2D eigenvalue weighted by atomic mass is 10.2. The Kier molecular flexibility index (Phi) is 5.73. The van der Waals surface area contributed by atoms with Gasteiger partial charge in [0.25, 0.3) is 0 Å². The van der Waals surface area contributed by atoms with Gasteiger partial charge in [0.15, 0.2) is 5.16 Å². The van der Waals surface area contributed by atoms with Crippen LogP contribution in [0, 0.1) is 6.92 Å². The minimum atomic E-state index is -0.276. The number of thioether (sulfide) groups is 1. The molecule has 1 atom stereocenters. The molecule has 0 radical (unpaired) electrons. The SMILES string of the molecule is CCN(C(=O)[C@@H](C)Sc1nncn1-c1ccccc1C)c1ccccc1. The van der Waals surface area contributed by atoms with Gasteiger partial charge in [0.05, 0.1) is 10.9 Å². The Morgan fingerprint density at radius 1 is 1.15 bits per heavy atom. The summed E-state index contributed by atoms with van der Waals surface area (Å²) in [5, 5.41) is 8.70. The quantitative estimate of drug-likeness (QED) is 0.616. The number of hydrogen-bond donors (Lipinski definition) is 0. The molecule has 0 unspecified atom stereocenters. The minimum Gasteiger partial charge on any atom is -0.312 e. The molecule has 0 aliphatic carbocycles. The molecule has 1 aromatic heterocycles. The Balaban J connectivity index is 1.81. The highest BCUT2D eigenvalue weighted by Gasteiger charge is 2.24. The van der Waals surface area contributed by atoms with Gasteiger partial charge in [-0.2, -0.15) is 0 Å². The number of rotatable bonds is 6. The van der Waals surface area contributed by atoms with Crippen LogP contribution in [0.3, 0.4) is 0 Å². The van der Waals surface area contributed by atoms with Crippen molar-refractivity contribution in [3.63, 3.8) is 0 Å². The van der Waals surface area contributed by atoms with E-state index in [0.29, 0.717) is 11.7 Å². The first-order valence-corrected chi connectivity index (χ1v) is 9.49. The molecule has 3 aromatic rings. The number of hydrogen-bond acceptors (Lipinski definition) is 4. The molecule has 0 spiro atoms. The Morgan fingerprint density at radius 3 is 2.54 bits per heavy atom. The molecule has 0 aliphatic rings. The van der Waals surface area contributed by atoms with Crippen LogP contribution in [0.25, 0.3) is 5.69 Å². The molecule has 134 valence electrons. The van der Waals surface area contributed by atoms with Crippen LogP contribution in [-0.4, -0.2) is 32.5 Å². The van der Waals surface area contributed by atoms with Gasteiger partial charge in [0, 0.05) is 12.2 Å². The lowest BCUT2D eigenvalue weighted by Crippen LogP contribution is -2.36. The van der Waals surface area contributed by atoms with Crippen LogP contribution in [0.4, 0.5) is 5.69 Å². The highest BCUT2D eigenvalue weighted by atomic mass is 32.2. The van der Waals surface area contributed by atoms with E-state index >= 15 is 0 Å². The molecule has 3 rings (SSSR count). The third kappa shape index (κ3) is 3.80. The third-order valence-corrected chi connectivity index (χ3v) is 5.22. The van der Waals surface area contributed by atoms with Crippen LogP contribution >= 0.6 is 11.8 Å². The first-order valence-electron chi connectivity index (χ1n) is 8.61. The van der Waals surface area contributed by atoms with E-state index in [1.54, 1.807) is 11.2 Å². The number of para-hydroxylation sites is 2. The highest BCUT2D eigenvalue weighted by Crippen LogP contribution is 2.27. The van der Waals surface area contributed by atoms with Crippen molar-refractivity contribution < 1.29 is 4.79 Å². The zero-order chi connectivity index (χ0) is 18.5. The Hall–Kier alpha value is -2.60. The molecular weight excluding hydrogens is 344 g/mol. The molecule has 0 N–H and O–H groups in total. The highest BCUT2D eigenvalue weighted by molar-refractivity contribution is 8.00. The van der Waals surface area contributed by atoms with Crippen molar-refractivity contribution in [3.8, 4) is 5.69 Å². The maximum absolute atomic E-state index is 13.0. The molecular formula is C20H22N4OS. The number of anilines is 1. The molecule has 0 fully saturated rings. The van der Waals surface area contributed by atoms with E-state index in [0.717, 1.165) is 16.9 Å². The van der Waals surface area contributed by atoms with Crippen molar-refractivity contribution in [3.05, 3.63) is 66.5 Å². The fraction of sp³-hybridized carbons (Fsp3) is 0.250. The van der Waals surface area contributed by atoms with Gasteiger partial charge in [0.2, 0.25) is 5.91 Å². The van der Waals surface area contributed by atoms with E-state index in [-0.39, 0.29) is 11.2 Å². The van der Waals surface area contributed by atoms with E-state index in [2.05, 4.69) is 10.2 Å². The number of carbonyl (C=O) groups is 1. The van der Waals surface area contributed by atoms with Gasteiger partial charge in [-0.1, -0.05) is 48.2 Å². The van der Waals surface area contributed by atoms with E-state index in [4.69, 9.17) is 0 Å². The van der Waals surface area contributed by atoms with Crippen molar-refractivity contribution in [2.24, 2.45) is 0 Å². The van der Waals surface area contributed by atoms with Gasteiger partial charge < -0.3 is 4.90 Å². The second-order valence-electron chi connectivity index (χ2n) is 5.95. The maximum Gasteiger partial charge on any atom is 0.240 e. The molecule has 5 nitrogen and oxygen atoms in total. The van der Waals surface area contributed by atoms with E-state index in [1.807, 2.05) is 79.9 Å². The van der Waals surface area contributed by atoms with E-state index < -0.39 is 0 Å². The van der Waals surface area contributed by atoms with Gasteiger partial charge in [-0.05, 0) is 44.5 Å². The zero-order valence-corrected chi connectivity index (χ0v) is 16.0. The van der Waals surface area contributed by atoms with Gasteiger partial charge in [-0.3, -0.25) is 9.36 Å². The fourth-order valence-corrected chi connectivity index (χ4v) is 3.70. The summed E-state index contributed by atoms with van der Waals surface area (Å²) < 4.78 is 1.93. The number of carbonyl (C=O) groups excluding carboxylic acids is 1. The molecule has 6 heteroatoms. The van der Waals surface area contributed by atoms with Crippen LogP contribution < -0.4 is 4.90 Å². The van der Waals surface area contributed by atoms with Crippen molar-refractivity contribution in [2.45, 2.75) is 31.2 Å². The summed E-state index contributed by atoms with van der Waals surface area (Å²) in [4.78, 5) is 14.8. The van der Waals surface area contributed by atoms with Crippen molar-refractivity contribution >= 4 is 23.4 Å². The number of aromatic nitrogens is 3. The molecule has 0 bridgehead atoms. The Labute approximate surface area is 158 Å². The maximum atomic E-state index is 13.0. The zero-order valence-electron chi connectivity index (χ0n) is 15.2. The lowest BCUT2D eigenvalue weighted by molar-refractivity contribution is -0.117. The number of benzene rings is 2. The van der Waals surface area contributed by atoms with Gasteiger partial charge in [0.1, 0.15) is 6.33 Å². The Bertz CT molecular complexity index is 878. The third-order valence-electron chi connectivity index (χ3n) is 4.17. The molecule has 0 saturated heterocycles. The van der Waals surface area contributed by atoms with Crippen molar-refractivity contribution in [2.75, 3.05) is 11.4 Å². The fourth-order valence-electron chi connectivity index (χ4n) is 2.81. The summed E-state index contributed by atoms with van der Waals surface area (Å²) in [7, 11) is 0. The standard InChI is InChI=1S/C20H22N4OS/c1-4-23(17-11-6-5-7-12-17)19(25)16(3)26-20-22-21-14-24(20)18-13-9-8-10-15(18)2/h5-14,16H,4H2,1-3H3/t16-/m1/s1. The molecule has 1 heterocycles. The molecule has 0 saturated carbocycles. The van der Waals surface area contributed by atoms with Crippen molar-refractivity contribution in [1.29, 1.82) is 0 Å². The first-order chi connectivity index (χ1) is 12.6. The molecule has 0 aliphatic heterocycles. The second kappa shape index (κ2) is 8.19. The predicted molar refractivity (Wildman–Crippen MR) is 106 cm³/mol. The lowest BCUT2D eigenvalue weighted by Gasteiger charge is -2.24. The smallest absolute Gasteiger partial charge is 0.240 e. The largest absolute Gasteiger partial charge is 0.312 e. The monoisotopic (exact) mass is 366 g/mol. The number of amides is 1. The summed E-state index contributed by atoms with van der Waals surface area (Å²) in [6.07, 6.45) is 1.69. The topological polar surface area (TPSA) is 51.0 Å². The van der Waals surface area contributed by atoms with Crippen LogP contribution in [-0.2, 0) is 4.79 Å². The molecule has 2 aromatic carbocycles. The van der Waals surface area contributed by atoms with Gasteiger partial charge in [-0.15, -0.1) is 10.2 Å². The second-order valence-corrected chi connectivity index (χ2v) is 7.26. The van der Waals surface area contributed by atoms with Crippen LogP contribution in [0.2, 0.25) is 0 Å². The predicted octanol–water partition coefficient (Wildman–Crippen LogP) is 4.11. The summed E-state index contributed by atoms with van der Waals surface area (Å²) in [5.74, 6) is 0.0584. The first kappa shape index (κ1) is 18.2. The normalized spacial score (nSPS) is 12.0. The van der Waals surface area contributed by atoms with E-state index in [9.17, 15) is 4.79 Å². The van der Waals surface area contributed by atoms with Crippen LogP contribution in [0.15, 0.2) is 66.1 Å². The van der Waals surface area contributed by atoms with Crippen LogP contribution in [0.1, 0.15) is 19.4 Å². The molecule has 26 heavy (non-hydrogen) atoms. The average molecular weight is 366 g/mol. The minimum absolute atomic E-state index is 0.0584. The Morgan fingerprint density at radius 2 is 1.85 bits per heavy atom. The van der Waals surface area contributed by atoms with Gasteiger partial charge >= 0.3 is 0 Å².